The van der Waals surface area contributed by atoms with Gasteiger partial charge in [0.15, 0.2) is 11.6 Å². The highest BCUT2D eigenvalue weighted by molar-refractivity contribution is 7.89. The lowest BCUT2D eigenvalue weighted by Gasteiger charge is -2.37. The summed E-state index contributed by atoms with van der Waals surface area (Å²) in [6.45, 7) is 1.45. The van der Waals surface area contributed by atoms with E-state index < -0.39 is 15.8 Å². The van der Waals surface area contributed by atoms with Gasteiger partial charge in [0, 0.05) is 39.1 Å². The average molecular weight is 470 g/mol. The molecule has 1 amide bonds. The van der Waals surface area contributed by atoms with Crippen LogP contribution in [0.2, 0.25) is 0 Å². The van der Waals surface area contributed by atoms with Gasteiger partial charge >= 0.3 is 0 Å². The van der Waals surface area contributed by atoms with Crippen molar-refractivity contribution in [1.29, 1.82) is 0 Å². The molecule has 3 aromatic rings. The number of fused-ring (bicyclic) bond motifs is 2. The molecule has 1 aromatic heterocycles. The SMILES string of the molecule is CN1CCN(C(=O)C2CCN(S(=O)(=O)c3ccccc3F)CC2)c2nc3ccccc3nc21. The first kappa shape index (κ1) is 21.7. The van der Waals surface area contributed by atoms with Crippen molar-refractivity contribution in [3.63, 3.8) is 0 Å². The van der Waals surface area contributed by atoms with Crippen molar-refractivity contribution in [3.05, 3.63) is 54.3 Å². The minimum Gasteiger partial charge on any atom is -0.355 e. The molecular weight excluding hydrogens is 445 g/mol. The van der Waals surface area contributed by atoms with Gasteiger partial charge < -0.3 is 4.90 Å². The topological polar surface area (TPSA) is 86.7 Å². The Morgan fingerprint density at radius 3 is 2.18 bits per heavy atom. The van der Waals surface area contributed by atoms with Gasteiger partial charge in [-0.15, -0.1) is 0 Å². The Balaban J connectivity index is 1.35. The molecule has 2 aliphatic rings. The number of hydrogen-bond acceptors (Lipinski definition) is 6. The molecule has 0 saturated carbocycles. The van der Waals surface area contributed by atoms with Gasteiger partial charge in [0.2, 0.25) is 15.9 Å². The minimum absolute atomic E-state index is 0.0723. The van der Waals surface area contributed by atoms with Crippen molar-refractivity contribution < 1.29 is 17.6 Å². The van der Waals surface area contributed by atoms with E-state index in [4.69, 9.17) is 9.97 Å². The molecule has 1 fully saturated rings. The first-order chi connectivity index (χ1) is 15.9. The van der Waals surface area contributed by atoms with E-state index in [0.29, 0.717) is 37.6 Å². The fraction of sp³-hybridized carbons (Fsp3) is 0.348. The van der Waals surface area contributed by atoms with E-state index in [-0.39, 0.29) is 29.8 Å². The summed E-state index contributed by atoms with van der Waals surface area (Å²) in [5.74, 6) is 0.0238. The van der Waals surface area contributed by atoms with Crippen LogP contribution in [0, 0.1) is 11.7 Å². The lowest BCUT2D eigenvalue weighted by molar-refractivity contribution is -0.123. The van der Waals surface area contributed by atoms with E-state index >= 15 is 0 Å². The maximum absolute atomic E-state index is 14.1. The van der Waals surface area contributed by atoms with E-state index in [2.05, 4.69) is 0 Å². The molecule has 0 N–H and O–H groups in total. The third-order valence-corrected chi connectivity index (χ3v) is 8.27. The van der Waals surface area contributed by atoms with Crippen LogP contribution in [-0.4, -0.2) is 61.8 Å². The van der Waals surface area contributed by atoms with E-state index in [0.717, 1.165) is 17.1 Å². The van der Waals surface area contributed by atoms with Crippen LogP contribution in [0.5, 0.6) is 0 Å². The number of carbonyl (C=O) groups is 1. The van der Waals surface area contributed by atoms with Gasteiger partial charge in [-0.3, -0.25) is 9.69 Å². The van der Waals surface area contributed by atoms with Crippen LogP contribution in [0.1, 0.15) is 12.8 Å². The number of aromatic nitrogens is 2. The van der Waals surface area contributed by atoms with Crippen molar-refractivity contribution in [2.75, 3.05) is 43.0 Å². The Hall–Kier alpha value is -3.11. The predicted octanol–water partition coefficient (Wildman–Crippen LogP) is 2.65. The Kier molecular flexibility index (Phi) is 5.49. The molecule has 0 radical (unpaired) electrons. The fourth-order valence-electron chi connectivity index (χ4n) is 4.45. The van der Waals surface area contributed by atoms with Gasteiger partial charge in [0.05, 0.1) is 11.0 Å². The molecule has 1 saturated heterocycles. The van der Waals surface area contributed by atoms with Gasteiger partial charge in [-0.25, -0.2) is 22.8 Å². The van der Waals surface area contributed by atoms with Gasteiger partial charge in [-0.05, 0) is 37.1 Å². The first-order valence-electron chi connectivity index (χ1n) is 10.9. The minimum atomic E-state index is -3.94. The summed E-state index contributed by atoms with van der Waals surface area (Å²) in [5, 5.41) is 0. The molecule has 0 aliphatic carbocycles. The summed E-state index contributed by atoms with van der Waals surface area (Å²) in [7, 11) is -2.02. The molecule has 3 heterocycles. The molecule has 5 rings (SSSR count). The fourth-order valence-corrected chi connectivity index (χ4v) is 5.99. The molecule has 172 valence electrons. The Morgan fingerprint density at radius 2 is 1.52 bits per heavy atom. The first-order valence-corrected chi connectivity index (χ1v) is 12.3. The number of anilines is 2. The molecule has 33 heavy (non-hydrogen) atoms. The number of para-hydroxylation sites is 2. The number of likely N-dealkylation sites (N-methyl/N-ethyl adjacent to an activating group) is 1. The monoisotopic (exact) mass is 469 g/mol. The van der Waals surface area contributed by atoms with E-state index in [1.165, 1.54) is 22.5 Å². The highest BCUT2D eigenvalue weighted by Crippen LogP contribution is 2.33. The zero-order valence-corrected chi connectivity index (χ0v) is 19.0. The number of piperidine rings is 1. The number of sulfonamides is 1. The third kappa shape index (κ3) is 3.83. The van der Waals surface area contributed by atoms with Gasteiger partial charge in [0.25, 0.3) is 0 Å². The molecule has 2 aliphatic heterocycles. The maximum Gasteiger partial charge on any atom is 0.245 e. The van der Waals surface area contributed by atoms with Crippen LogP contribution in [0.3, 0.4) is 0 Å². The van der Waals surface area contributed by atoms with Crippen LogP contribution in [0.25, 0.3) is 11.0 Å². The highest BCUT2D eigenvalue weighted by atomic mass is 32.2. The standard InChI is InChI=1S/C23H24FN5O3S/c1-27-14-15-29(22-21(27)25-18-7-3-4-8-19(18)26-22)23(30)16-10-12-28(13-11-16)33(31,32)20-9-5-2-6-17(20)24/h2-9,16H,10-15H2,1H3. The number of rotatable bonds is 3. The lowest BCUT2D eigenvalue weighted by Crippen LogP contribution is -2.49. The summed E-state index contributed by atoms with van der Waals surface area (Å²) >= 11 is 0. The zero-order chi connectivity index (χ0) is 23.2. The molecule has 0 unspecified atom stereocenters. The zero-order valence-electron chi connectivity index (χ0n) is 18.2. The summed E-state index contributed by atoms with van der Waals surface area (Å²) in [6.07, 6.45) is 0.740. The molecule has 0 bridgehead atoms. The average Bonchev–Trinajstić information content (AvgIpc) is 2.83. The second-order valence-corrected chi connectivity index (χ2v) is 10.3. The number of nitrogens with zero attached hydrogens (tertiary/aromatic N) is 5. The van der Waals surface area contributed by atoms with Crippen LogP contribution < -0.4 is 9.80 Å². The molecule has 8 nitrogen and oxygen atoms in total. The van der Waals surface area contributed by atoms with Crippen LogP contribution in [-0.2, 0) is 14.8 Å². The number of halogens is 1. The highest BCUT2D eigenvalue weighted by Gasteiger charge is 2.37. The summed E-state index contributed by atoms with van der Waals surface area (Å²) in [5.41, 5.74) is 1.49. The Labute approximate surface area is 191 Å². The lowest BCUT2D eigenvalue weighted by atomic mass is 9.96. The largest absolute Gasteiger partial charge is 0.355 e. The van der Waals surface area contributed by atoms with Crippen LogP contribution in [0.15, 0.2) is 53.4 Å². The molecule has 0 atom stereocenters. The molecule has 2 aromatic carbocycles. The second-order valence-electron chi connectivity index (χ2n) is 8.38. The predicted molar refractivity (Wildman–Crippen MR) is 123 cm³/mol. The third-order valence-electron chi connectivity index (χ3n) is 6.33. The molecule has 0 spiro atoms. The van der Waals surface area contributed by atoms with Crippen molar-refractivity contribution in [3.8, 4) is 0 Å². The van der Waals surface area contributed by atoms with Crippen molar-refractivity contribution in [2.24, 2.45) is 5.92 Å². The summed E-state index contributed by atoms with van der Waals surface area (Å²) < 4.78 is 41.1. The van der Waals surface area contributed by atoms with E-state index in [1.54, 1.807) is 4.90 Å². The molecular formula is C23H24FN5O3S. The second kappa shape index (κ2) is 8.35. The van der Waals surface area contributed by atoms with Crippen LogP contribution >= 0.6 is 0 Å². The van der Waals surface area contributed by atoms with Crippen LogP contribution in [0.4, 0.5) is 16.0 Å². The summed E-state index contributed by atoms with van der Waals surface area (Å²) in [6, 6.07) is 12.9. The Bertz CT molecular complexity index is 1320. The normalized spacial score (nSPS) is 17.9. The number of carbonyl (C=O) groups excluding carboxylic acids is 1. The van der Waals surface area contributed by atoms with Gasteiger partial charge in [0.1, 0.15) is 10.7 Å². The van der Waals surface area contributed by atoms with Gasteiger partial charge in [-0.2, -0.15) is 4.31 Å². The number of hydrogen-bond donors (Lipinski definition) is 0. The van der Waals surface area contributed by atoms with E-state index in [9.17, 15) is 17.6 Å². The van der Waals surface area contributed by atoms with Gasteiger partial charge in [-0.1, -0.05) is 24.3 Å². The molecule has 10 heteroatoms. The van der Waals surface area contributed by atoms with Crippen molar-refractivity contribution in [2.45, 2.75) is 17.7 Å². The van der Waals surface area contributed by atoms with Crippen molar-refractivity contribution >= 4 is 38.6 Å². The van der Waals surface area contributed by atoms with Crippen molar-refractivity contribution in [1.82, 2.24) is 14.3 Å². The Morgan fingerprint density at radius 1 is 0.909 bits per heavy atom. The quantitative estimate of drug-likeness (QED) is 0.586. The summed E-state index contributed by atoms with van der Waals surface area (Å²) in [4.78, 5) is 26.2. The maximum atomic E-state index is 14.1. The number of benzene rings is 2. The smallest absolute Gasteiger partial charge is 0.245 e. The van der Waals surface area contributed by atoms with E-state index in [1.807, 2.05) is 36.2 Å². The number of amides is 1.